The number of hydrogen-bond acceptors (Lipinski definition) is 4. The molecule has 1 N–H and O–H groups in total. The van der Waals surface area contributed by atoms with E-state index in [0.717, 1.165) is 11.4 Å². The van der Waals surface area contributed by atoms with Gasteiger partial charge in [0.1, 0.15) is 0 Å². The van der Waals surface area contributed by atoms with Crippen LogP contribution in [0.1, 0.15) is 31.7 Å². The van der Waals surface area contributed by atoms with Crippen LogP contribution in [0.5, 0.6) is 0 Å². The number of pyridine rings is 1. The van der Waals surface area contributed by atoms with Crippen LogP contribution in [0.25, 0.3) is 0 Å². The minimum Gasteiger partial charge on any atom is -0.466 e. The fraction of sp³-hybridized carbons (Fsp3) is 0.500. The number of carbonyl (C=O) groups is 2. The number of ether oxygens (including phenoxy) is 1. The van der Waals surface area contributed by atoms with Gasteiger partial charge in [-0.3, -0.25) is 14.6 Å². The van der Waals surface area contributed by atoms with Crippen molar-refractivity contribution >= 4 is 11.9 Å². The molecule has 0 unspecified atom stereocenters. The highest BCUT2D eigenvalue weighted by Gasteiger charge is 2.00. The van der Waals surface area contributed by atoms with E-state index in [2.05, 4.69) is 15.0 Å². The molecule has 0 aliphatic rings. The lowest BCUT2D eigenvalue weighted by Gasteiger charge is -2.00. The van der Waals surface area contributed by atoms with Gasteiger partial charge < -0.3 is 10.1 Å². The third-order valence-corrected chi connectivity index (χ3v) is 2.18. The molecule has 5 heteroatoms. The monoisotopic (exact) mass is 266 g/mol. The number of rotatable bonds is 4. The molecule has 0 bridgehead atoms. The molecule has 1 amide bonds. The number of esters is 1. The lowest BCUT2D eigenvalue weighted by Crippen LogP contribution is -2.18. The van der Waals surface area contributed by atoms with E-state index in [0.29, 0.717) is 19.4 Å². The summed E-state index contributed by atoms with van der Waals surface area (Å²) in [5.74, 6) is -0.152. The fourth-order valence-corrected chi connectivity index (χ4v) is 1.31. The van der Waals surface area contributed by atoms with E-state index in [9.17, 15) is 9.59 Å². The molecule has 0 fully saturated rings. The van der Waals surface area contributed by atoms with Crippen LogP contribution in [0.3, 0.4) is 0 Å². The van der Waals surface area contributed by atoms with Gasteiger partial charge in [-0.25, -0.2) is 0 Å². The summed E-state index contributed by atoms with van der Waals surface area (Å²) in [4.78, 5) is 25.1. The molecule has 0 aliphatic heterocycles. The van der Waals surface area contributed by atoms with Crippen molar-refractivity contribution in [1.29, 1.82) is 0 Å². The van der Waals surface area contributed by atoms with E-state index in [1.54, 1.807) is 14.0 Å². The van der Waals surface area contributed by atoms with Crippen LogP contribution in [0.2, 0.25) is 0 Å². The Morgan fingerprint density at radius 1 is 1.37 bits per heavy atom. The molecule has 1 aromatic rings. The molecule has 0 atom stereocenters. The second kappa shape index (κ2) is 10.1. The van der Waals surface area contributed by atoms with Gasteiger partial charge in [0, 0.05) is 31.8 Å². The highest BCUT2D eigenvalue weighted by atomic mass is 16.5. The van der Waals surface area contributed by atoms with Crippen molar-refractivity contribution in [2.24, 2.45) is 0 Å². The highest BCUT2D eigenvalue weighted by Crippen LogP contribution is 2.01. The van der Waals surface area contributed by atoms with Crippen LogP contribution >= 0.6 is 0 Å². The molecule has 0 saturated carbocycles. The van der Waals surface area contributed by atoms with Crippen molar-refractivity contribution in [2.75, 3.05) is 13.7 Å². The van der Waals surface area contributed by atoms with E-state index in [1.165, 1.54) is 6.92 Å². The Morgan fingerprint density at radius 2 is 2.05 bits per heavy atom. The summed E-state index contributed by atoms with van der Waals surface area (Å²) in [5, 5.41) is 2.58. The predicted octanol–water partition coefficient (Wildman–Crippen LogP) is 1.64. The molecule has 0 aliphatic carbocycles. The smallest absolute Gasteiger partial charge is 0.302 e. The molecule has 19 heavy (non-hydrogen) atoms. The van der Waals surface area contributed by atoms with Gasteiger partial charge in [-0.1, -0.05) is 6.07 Å². The van der Waals surface area contributed by atoms with Crippen molar-refractivity contribution in [3.05, 3.63) is 29.6 Å². The molecule has 1 heterocycles. The molecule has 5 nitrogen and oxygen atoms in total. The van der Waals surface area contributed by atoms with Gasteiger partial charge in [-0.2, -0.15) is 0 Å². The summed E-state index contributed by atoms with van der Waals surface area (Å²) in [7, 11) is 1.64. The van der Waals surface area contributed by atoms with Crippen LogP contribution in [0.4, 0.5) is 0 Å². The zero-order valence-corrected chi connectivity index (χ0v) is 12.0. The molecule has 106 valence electrons. The van der Waals surface area contributed by atoms with Gasteiger partial charge in [0.05, 0.1) is 6.61 Å². The standard InChI is InChI=1S/C10H14N2O.C4H8O2/c1-8-4-3-5-9(12-8)6-7-10(13)11-2;1-3-6-4(2)5/h3-5H,6-7H2,1-2H3,(H,11,13);3H2,1-2H3. The Kier molecular flexibility index (Phi) is 9.04. The van der Waals surface area contributed by atoms with Crippen molar-refractivity contribution < 1.29 is 14.3 Å². The lowest BCUT2D eigenvalue weighted by atomic mass is 10.2. The molecule has 0 aromatic carbocycles. The summed E-state index contributed by atoms with van der Waals surface area (Å²) in [5.41, 5.74) is 1.97. The van der Waals surface area contributed by atoms with E-state index in [-0.39, 0.29) is 11.9 Å². The summed E-state index contributed by atoms with van der Waals surface area (Å²) in [6.07, 6.45) is 1.22. The third-order valence-electron chi connectivity index (χ3n) is 2.18. The fourth-order valence-electron chi connectivity index (χ4n) is 1.31. The molecule has 1 rings (SSSR count). The van der Waals surface area contributed by atoms with Gasteiger partial charge >= 0.3 is 5.97 Å². The third kappa shape index (κ3) is 9.76. The maximum Gasteiger partial charge on any atom is 0.302 e. The molecule has 1 aromatic heterocycles. The second-order valence-electron chi connectivity index (χ2n) is 3.87. The van der Waals surface area contributed by atoms with Gasteiger partial charge in [0.15, 0.2) is 0 Å². The maximum atomic E-state index is 10.9. The van der Waals surface area contributed by atoms with E-state index >= 15 is 0 Å². The number of aromatic nitrogens is 1. The molecule has 0 radical (unpaired) electrons. The SMILES string of the molecule is CCOC(C)=O.CNC(=O)CCc1cccc(C)n1. The van der Waals surface area contributed by atoms with Crippen LogP contribution in [0, 0.1) is 6.92 Å². The normalized spacial score (nSPS) is 9.05. The minimum atomic E-state index is -0.211. The average molecular weight is 266 g/mol. The first-order valence-electron chi connectivity index (χ1n) is 6.26. The average Bonchev–Trinajstić information content (AvgIpc) is 2.36. The largest absolute Gasteiger partial charge is 0.466 e. The minimum absolute atomic E-state index is 0.0586. The first-order valence-corrected chi connectivity index (χ1v) is 6.26. The Morgan fingerprint density at radius 3 is 2.47 bits per heavy atom. The first kappa shape index (κ1) is 17.1. The molecule has 0 spiro atoms. The van der Waals surface area contributed by atoms with Crippen molar-refractivity contribution in [1.82, 2.24) is 10.3 Å². The van der Waals surface area contributed by atoms with E-state index < -0.39 is 0 Å². The van der Waals surface area contributed by atoms with Crippen molar-refractivity contribution in [2.45, 2.75) is 33.6 Å². The van der Waals surface area contributed by atoms with Gasteiger partial charge in [-0.05, 0) is 32.4 Å². The number of nitrogens with one attached hydrogen (secondary N) is 1. The number of aryl methyl sites for hydroxylation is 2. The summed E-state index contributed by atoms with van der Waals surface area (Å²) in [6.45, 7) is 5.60. The number of carbonyl (C=O) groups excluding carboxylic acids is 2. The van der Waals surface area contributed by atoms with Gasteiger partial charge in [0.2, 0.25) is 5.91 Å². The molecular weight excluding hydrogens is 244 g/mol. The number of amides is 1. The zero-order valence-electron chi connectivity index (χ0n) is 12.0. The topological polar surface area (TPSA) is 68.3 Å². The van der Waals surface area contributed by atoms with Crippen molar-refractivity contribution in [3.63, 3.8) is 0 Å². The van der Waals surface area contributed by atoms with Crippen LogP contribution < -0.4 is 5.32 Å². The summed E-state index contributed by atoms with van der Waals surface area (Å²) < 4.78 is 4.40. The Hall–Kier alpha value is -1.91. The number of hydrogen-bond donors (Lipinski definition) is 1. The Balaban J connectivity index is 0.000000459. The van der Waals surface area contributed by atoms with Crippen LogP contribution in [-0.4, -0.2) is 30.5 Å². The van der Waals surface area contributed by atoms with Gasteiger partial charge in [0.25, 0.3) is 0 Å². The zero-order chi connectivity index (χ0) is 14.7. The van der Waals surface area contributed by atoms with E-state index in [1.807, 2.05) is 25.1 Å². The Bertz CT molecular complexity index is 405. The highest BCUT2D eigenvalue weighted by molar-refractivity contribution is 5.75. The predicted molar refractivity (Wildman–Crippen MR) is 73.7 cm³/mol. The maximum absolute atomic E-state index is 10.9. The van der Waals surface area contributed by atoms with E-state index in [4.69, 9.17) is 0 Å². The first-order chi connectivity index (χ1) is 8.99. The second-order valence-corrected chi connectivity index (χ2v) is 3.87. The van der Waals surface area contributed by atoms with Crippen LogP contribution in [0.15, 0.2) is 18.2 Å². The molecule has 0 saturated heterocycles. The summed E-state index contributed by atoms with van der Waals surface area (Å²) >= 11 is 0. The quantitative estimate of drug-likeness (QED) is 0.841. The van der Waals surface area contributed by atoms with Gasteiger partial charge in [-0.15, -0.1) is 0 Å². The number of nitrogens with zero attached hydrogens (tertiary/aromatic N) is 1. The van der Waals surface area contributed by atoms with Crippen LogP contribution in [-0.2, 0) is 20.7 Å². The Labute approximate surface area is 114 Å². The lowest BCUT2D eigenvalue weighted by molar-refractivity contribution is -0.140. The molecular formula is C14H22N2O3. The summed E-state index contributed by atoms with van der Waals surface area (Å²) in [6, 6.07) is 5.85. The van der Waals surface area contributed by atoms with Crippen molar-refractivity contribution in [3.8, 4) is 0 Å².